The van der Waals surface area contributed by atoms with Crippen LogP contribution >= 0.6 is 0 Å². The van der Waals surface area contributed by atoms with Crippen LogP contribution in [0, 0.1) is 0 Å². The van der Waals surface area contributed by atoms with Gasteiger partial charge in [0.15, 0.2) is 0 Å². The molecule has 1 aromatic carbocycles. The van der Waals surface area contributed by atoms with Gasteiger partial charge in [0.2, 0.25) is 0 Å². The maximum atomic E-state index is 10.0. The molecule has 0 unspecified atom stereocenters. The van der Waals surface area contributed by atoms with Crippen molar-refractivity contribution in [2.75, 3.05) is 6.54 Å². The van der Waals surface area contributed by atoms with Gasteiger partial charge in [0.1, 0.15) is 17.1 Å². The van der Waals surface area contributed by atoms with Crippen LogP contribution in [0.1, 0.15) is 41.5 Å². The molecule has 1 saturated carbocycles. The van der Waals surface area contributed by atoms with Crippen molar-refractivity contribution >= 4 is 10.9 Å². The molecule has 3 aromatic rings. The van der Waals surface area contributed by atoms with E-state index in [1.165, 1.54) is 24.1 Å². The van der Waals surface area contributed by atoms with Crippen molar-refractivity contribution in [1.82, 2.24) is 19.9 Å². The van der Waals surface area contributed by atoms with E-state index in [-0.39, 0.29) is 5.75 Å². The minimum Gasteiger partial charge on any atom is -0.506 e. The van der Waals surface area contributed by atoms with E-state index in [0.717, 1.165) is 43.0 Å². The standard InChI is InChI=1S/C20H20N4O/c25-18-3-1-2-13-6-7-16(22-19(13)18)12-24-9-8-17-15(11-24)10-21-20(23-17)14-4-5-14/h1-3,6-7,10,14,25H,4-5,8-9,11-12H2. The molecule has 5 heteroatoms. The van der Waals surface area contributed by atoms with Crippen molar-refractivity contribution < 1.29 is 5.11 Å². The number of fused-ring (bicyclic) bond motifs is 2. The topological polar surface area (TPSA) is 62.1 Å². The van der Waals surface area contributed by atoms with Gasteiger partial charge in [0.25, 0.3) is 0 Å². The third kappa shape index (κ3) is 2.85. The van der Waals surface area contributed by atoms with Gasteiger partial charge in [0, 0.05) is 54.8 Å². The smallest absolute Gasteiger partial charge is 0.141 e. The monoisotopic (exact) mass is 332 g/mol. The van der Waals surface area contributed by atoms with E-state index < -0.39 is 0 Å². The normalized spacial score (nSPS) is 17.6. The summed E-state index contributed by atoms with van der Waals surface area (Å²) in [5.74, 6) is 1.89. The van der Waals surface area contributed by atoms with Crippen molar-refractivity contribution in [2.24, 2.45) is 0 Å². The lowest BCUT2D eigenvalue weighted by atomic mass is 10.1. The number of para-hydroxylation sites is 1. The summed E-state index contributed by atoms with van der Waals surface area (Å²) in [5, 5.41) is 11.0. The lowest BCUT2D eigenvalue weighted by Gasteiger charge is -2.27. The highest BCUT2D eigenvalue weighted by Crippen LogP contribution is 2.38. The van der Waals surface area contributed by atoms with Crippen LogP contribution in [0.5, 0.6) is 5.75 Å². The van der Waals surface area contributed by atoms with Crippen molar-refractivity contribution in [3.63, 3.8) is 0 Å². The molecule has 3 heterocycles. The van der Waals surface area contributed by atoms with Crippen molar-refractivity contribution in [1.29, 1.82) is 0 Å². The van der Waals surface area contributed by atoms with E-state index in [1.54, 1.807) is 6.07 Å². The number of pyridine rings is 1. The molecule has 0 amide bonds. The first kappa shape index (κ1) is 14.8. The molecule has 0 saturated heterocycles. The fourth-order valence-electron chi connectivity index (χ4n) is 3.55. The Hall–Kier alpha value is -2.53. The number of aromatic hydroxyl groups is 1. The number of hydrogen-bond donors (Lipinski definition) is 1. The average Bonchev–Trinajstić information content (AvgIpc) is 3.47. The molecule has 1 aliphatic carbocycles. The van der Waals surface area contributed by atoms with Gasteiger partial charge in [0.05, 0.1) is 5.69 Å². The van der Waals surface area contributed by atoms with Crippen molar-refractivity contribution in [3.8, 4) is 5.75 Å². The first-order valence-corrected chi connectivity index (χ1v) is 8.91. The van der Waals surface area contributed by atoms with Gasteiger partial charge in [-0.15, -0.1) is 0 Å². The first-order chi connectivity index (χ1) is 12.3. The summed E-state index contributed by atoms with van der Waals surface area (Å²) < 4.78 is 0. The third-order valence-electron chi connectivity index (χ3n) is 5.12. The molecular weight excluding hydrogens is 312 g/mol. The molecule has 1 fully saturated rings. The van der Waals surface area contributed by atoms with Crippen LogP contribution in [-0.4, -0.2) is 31.5 Å². The van der Waals surface area contributed by atoms with Gasteiger partial charge >= 0.3 is 0 Å². The largest absolute Gasteiger partial charge is 0.506 e. The molecule has 5 nitrogen and oxygen atoms in total. The number of aromatic nitrogens is 3. The van der Waals surface area contributed by atoms with Crippen LogP contribution in [0.3, 0.4) is 0 Å². The van der Waals surface area contributed by atoms with Crippen molar-refractivity contribution in [2.45, 2.75) is 38.3 Å². The van der Waals surface area contributed by atoms with Crippen LogP contribution in [0.4, 0.5) is 0 Å². The van der Waals surface area contributed by atoms with Gasteiger partial charge in [-0.1, -0.05) is 18.2 Å². The first-order valence-electron chi connectivity index (χ1n) is 8.91. The van der Waals surface area contributed by atoms with Gasteiger partial charge in [-0.05, 0) is 25.0 Å². The van der Waals surface area contributed by atoms with Crippen LogP contribution in [0.25, 0.3) is 10.9 Å². The molecule has 5 rings (SSSR count). The Balaban J connectivity index is 1.36. The second-order valence-corrected chi connectivity index (χ2v) is 7.09. The van der Waals surface area contributed by atoms with Gasteiger partial charge in [-0.25, -0.2) is 15.0 Å². The van der Waals surface area contributed by atoms with Crippen LogP contribution < -0.4 is 0 Å². The van der Waals surface area contributed by atoms with E-state index in [0.29, 0.717) is 11.4 Å². The summed E-state index contributed by atoms with van der Waals surface area (Å²) >= 11 is 0. The highest BCUT2D eigenvalue weighted by molar-refractivity contribution is 5.84. The van der Waals surface area contributed by atoms with Crippen molar-refractivity contribution in [3.05, 3.63) is 59.3 Å². The fourth-order valence-corrected chi connectivity index (χ4v) is 3.55. The molecule has 0 radical (unpaired) electrons. The maximum absolute atomic E-state index is 10.0. The van der Waals surface area contributed by atoms with Gasteiger partial charge in [-0.2, -0.15) is 0 Å². The predicted octanol–water partition coefficient (Wildman–Crippen LogP) is 3.17. The fraction of sp³-hybridized carbons (Fsp3) is 0.350. The summed E-state index contributed by atoms with van der Waals surface area (Å²) in [6.45, 7) is 2.61. The lowest BCUT2D eigenvalue weighted by molar-refractivity contribution is 0.240. The Morgan fingerprint density at radius 2 is 2.04 bits per heavy atom. The second kappa shape index (κ2) is 5.77. The molecule has 0 bridgehead atoms. The summed E-state index contributed by atoms with van der Waals surface area (Å²) in [6.07, 6.45) is 5.47. The Bertz CT molecular complexity index is 952. The highest BCUT2D eigenvalue weighted by atomic mass is 16.3. The average molecular weight is 332 g/mol. The summed E-state index contributed by atoms with van der Waals surface area (Å²) in [4.78, 5) is 16.4. The summed E-state index contributed by atoms with van der Waals surface area (Å²) in [7, 11) is 0. The maximum Gasteiger partial charge on any atom is 0.141 e. The summed E-state index contributed by atoms with van der Waals surface area (Å²) in [5.41, 5.74) is 4.11. The van der Waals surface area contributed by atoms with Gasteiger partial charge < -0.3 is 5.11 Å². The Morgan fingerprint density at radius 1 is 1.12 bits per heavy atom. The third-order valence-corrected chi connectivity index (χ3v) is 5.12. The van der Waals surface area contributed by atoms with Crippen LogP contribution in [-0.2, 0) is 19.5 Å². The number of nitrogens with zero attached hydrogens (tertiary/aromatic N) is 4. The zero-order valence-corrected chi connectivity index (χ0v) is 14.0. The molecule has 1 aliphatic heterocycles. The second-order valence-electron chi connectivity index (χ2n) is 7.09. The molecule has 0 spiro atoms. The Labute approximate surface area is 146 Å². The van der Waals surface area contributed by atoms with Crippen LogP contribution in [0.15, 0.2) is 36.5 Å². The predicted molar refractivity (Wildman–Crippen MR) is 95.2 cm³/mol. The van der Waals surface area contributed by atoms with E-state index in [4.69, 9.17) is 4.98 Å². The number of rotatable bonds is 3. The Kier molecular flexibility index (Phi) is 3.41. The molecule has 0 atom stereocenters. The number of phenolic OH excluding ortho intramolecular Hbond substituents is 1. The highest BCUT2D eigenvalue weighted by Gasteiger charge is 2.28. The van der Waals surface area contributed by atoms with Gasteiger partial charge in [-0.3, -0.25) is 4.90 Å². The minimum absolute atomic E-state index is 0.240. The minimum atomic E-state index is 0.240. The van der Waals surface area contributed by atoms with E-state index in [1.807, 2.05) is 30.5 Å². The zero-order valence-electron chi connectivity index (χ0n) is 14.0. The lowest BCUT2D eigenvalue weighted by Crippen LogP contribution is -2.31. The zero-order chi connectivity index (χ0) is 16.8. The molecule has 1 N–H and O–H groups in total. The van der Waals surface area contributed by atoms with Crippen LogP contribution in [0.2, 0.25) is 0 Å². The molecule has 2 aromatic heterocycles. The van der Waals surface area contributed by atoms with E-state index >= 15 is 0 Å². The number of phenols is 1. The Morgan fingerprint density at radius 3 is 2.92 bits per heavy atom. The van der Waals surface area contributed by atoms with E-state index in [2.05, 4.69) is 14.9 Å². The number of hydrogen-bond acceptors (Lipinski definition) is 5. The van der Waals surface area contributed by atoms with E-state index in [9.17, 15) is 5.11 Å². The molecule has 2 aliphatic rings. The number of benzene rings is 1. The molecular formula is C20H20N4O. The SMILES string of the molecule is Oc1cccc2ccc(CN3CCc4nc(C5CC5)ncc4C3)nc12. The summed E-state index contributed by atoms with van der Waals surface area (Å²) in [6, 6.07) is 9.57. The molecule has 25 heavy (non-hydrogen) atoms. The molecule has 126 valence electrons. The quantitative estimate of drug-likeness (QED) is 0.798.